The summed E-state index contributed by atoms with van der Waals surface area (Å²) >= 11 is 11.8. The van der Waals surface area contributed by atoms with Gasteiger partial charge in [0.2, 0.25) is 11.8 Å². The quantitative estimate of drug-likeness (QED) is 0.779. The van der Waals surface area contributed by atoms with Crippen LogP contribution in [0.2, 0.25) is 10.0 Å². The van der Waals surface area contributed by atoms with Gasteiger partial charge in [0, 0.05) is 17.6 Å². The van der Waals surface area contributed by atoms with Gasteiger partial charge in [-0.25, -0.2) is 8.42 Å². The Morgan fingerprint density at radius 2 is 2.04 bits per heavy atom. The van der Waals surface area contributed by atoms with Crippen LogP contribution < -0.4 is 5.32 Å². The number of amides is 2. The minimum Gasteiger partial charge on any atom is -0.338 e. The van der Waals surface area contributed by atoms with Crippen molar-refractivity contribution in [1.29, 1.82) is 0 Å². The molecule has 1 unspecified atom stereocenters. The van der Waals surface area contributed by atoms with E-state index in [1.54, 1.807) is 19.1 Å². The molecule has 1 saturated heterocycles. The molecule has 1 aliphatic heterocycles. The molecule has 1 heterocycles. The molecule has 2 amide bonds. The van der Waals surface area contributed by atoms with Crippen LogP contribution in [0.25, 0.3) is 0 Å². The van der Waals surface area contributed by atoms with Gasteiger partial charge in [-0.05, 0) is 31.5 Å². The van der Waals surface area contributed by atoms with E-state index in [1.165, 1.54) is 11.0 Å². The molecule has 24 heavy (non-hydrogen) atoms. The number of benzene rings is 1. The smallest absolute Gasteiger partial charge is 0.233 e. The van der Waals surface area contributed by atoms with Gasteiger partial charge in [0.25, 0.3) is 0 Å². The molecule has 0 aromatic heterocycles. The van der Waals surface area contributed by atoms with Crippen molar-refractivity contribution in [2.45, 2.75) is 25.8 Å². The summed E-state index contributed by atoms with van der Waals surface area (Å²) in [7, 11) is -3.10. The molecule has 0 radical (unpaired) electrons. The second-order valence-electron chi connectivity index (χ2n) is 5.59. The number of nitrogens with zero attached hydrogens (tertiary/aromatic N) is 1. The summed E-state index contributed by atoms with van der Waals surface area (Å²) < 4.78 is 23.1. The lowest BCUT2D eigenvalue weighted by molar-refractivity contribution is -0.135. The Kier molecular flexibility index (Phi) is 6.11. The summed E-state index contributed by atoms with van der Waals surface area (Å²) in [6.07, 6.45) is 0.0376. The number of halogens is 2. The molecule has 0 saturated carbocycles. The molecule has 1 aliphatic rings. The number of nitrogens with one attached hydrogen (secondary N) is 1. The summed E-state index contributed by atoms with van der Waals surface area (Å²) in [5.74, 6) is -0.878. The fraction of sp³-hybridized carbons (Fsp3) is 0.467. The maximum atomic E-state index is 12.3. The standard InChI is InChI=1S/C15H18Cl2N2O4S/c1-2-19(11-5-6-24(22,23)9-11)15(21)8-14(20)18-13-4-3-10(16)7-12(13)17/h3-4,7,11H,2,5-6,8-9H2,1H3,(H,18,20). The van der Waals surface area contributed by atoms with Crippen LogP contribution in [0.3, 0.4) is 0 Å². The molecule has 1 aromatic carbocycles. The van der Waals surface area contributed by atoms with E-state index in [0.717, 1.165) is 0 Å². The van der Waals surface area contributed by atoms with E-state index in [0.29, 0.717) is 23.7 Å². The first-order valence-electron chi connectivity index (χ1n) is 7.46. The van der Waals surface area contributed by atoms with E-state index in [1.807, 2.05) is 0 Å². The van der Waals surface area contributed by atoms with Gasteiger partial charge < -0.3 is 10.2 Å². The maximum Gasteiger partial charge on any atom is 0.233 e. The molecular weight excluding hydrogens is 375 g/mol. The topological polar surface area (TPSA) is 83.6 Å². The number of hydrogen-bond acceptors (Lipinski definition) is 4. The SMILES string of the molecule is CCN(C(=O)CC(=O)Nc1ccc(Cl)cc1Cl)C1CCS(=O)(=O)C1. The van der Waals surface area contributed by atoms with Gasteiger partial charge in [-0.2, -0.15) is 0 Å². The minimum absolute atomic E-state index is 0.0444. The first kappa shape index (κ1) is 19.0. The summed E-state index contributed by atoms with van der Waals surface area (Å²) in [5.41, 5.74) is 0.366. The zero-order valence-corrected chi connectivity index (χ0v) is 15.4. The van der Waals surface area contributed by atoms with Crippen LogP contribution in [0.5, 0.6) is 0 Å². The summed E-state index contributed by atoms with van der Waals surface area (Å²) in [6, 6.07) is 4.25. The first-order chi connectivity index (χ1) is 11.2. The minimum atomic E-state index is -3.10. The second kappa shape index (κ2) is 7.72. The Bertz CT molecular complexity index is 752. The molecule has 0 spiro atoms. The lowest BCUT2D eigenvalue weighted by atomic mass is 10.2. The average molecular weight is 393 g/mol. The van der Waals surface area contributed by atoms with Crippen molar-refractivity contribution in [3.63, 3.8) is 0 Å². The molecule has 1 fully saturated rings. The molecule has 1 aromatic rings. The third-order valence-electron chi connectivity index (χ3n) is 3.83. The Morgan fingerprint density at radius 3 is 2.58 bits per heavy atom. The third-order valence-corrected chi connectivity index (χ3v) is 6.13. The fourth-order valence-electron chi connectivity index (χ4n) is 2.68. The van der Waals surface area contributed by atoms with Crippen molar-refractivity contribution >= 4 is 50.5 Å². The van der Waals surface area contributed by atoms with E-state index in [-0.39, 0.29) is 29.0 Å². The van der Waals surface area contributed by atoms with Gasteiger partial charge in [-0.3, -0.25) is 9.59 Å². The highest BCUT2D eigenvalue weighted by Gasteiger charge is 2.34. The van der Waals surface area contributed by atoms with E-state index >= 15 is 0 Å². The van der Waals surface area contributed by atoms with Crippen LogP contribution in [-0.4, -0.2) is 49.2 Å². The monoisotopic (exact) mass is 392 g/mol. The molecule has 132 valence electrons. The van der Waals surface area contributed by atoms with Crippen molar-refractivity contribution < 1.29 is 18.0 Å². The summed E-state index contributed by atoms with van der Waals surface area (Å²) in [5, 5.41) is 3.27. The average Bonchev–Trinajstić information content (AvgIpc) is 2.82. The van der Waals surface area contributed by atoms with Gasteiger partial charge in [0.15, 0.2) is 9.84 Å². The van der Waals surface area contributed by atoms with Crippen molar-refractivity contribution in [2.24, 2.45) is 0 Å². The van der Waals surface area contributed by atoms with Crippen LogP contribution in [-0.2, 0) is 19.4 Å². The largest absolute Gasteiger partial charge is 0.338 e. The third kappa shape index (κ3) is 4.84. The predicted octanol–water partition coefficient (Wildman–Crippen LogP) is 2.36. The fourth-order valence-corrected chi connectivity index (χ4v) is 4.87. The lowest BCUT2D eigenvalue weighted by Crippen LogP contribution is -2.42. The van der Waals surface area contributed by atoms with E-state index < -0.39 is 21.7 Å². The van der Waals surface area contributed by atoms with Crippen molar-refractivity contribution in [3.05, 3.63) is 28.2 Å². The zero-order valence-electron chi connectivity index (χ0n) is 13.1. The number of anilines is 1. The van der Waals surface area contributed by atoms with Gasteiger partial charge in [0.1, 0.15) is 6.42 Å². The molecule has 6 nitrogen and oxygen atoms in total. The number of carbonyl (C=O) groups is 2. The molecule has 0 bridgehead atoms. The van der Waals surface area contributed by atoms with E-state index in [9.17, 15) is 18.0 Å². The molecule has 2 rings (SSSR count). The lowest BCUT2D eigenvalue weighted by Gasteiger charge is -2.26. The highest BCUT2D eigenvalue weighted by molar-refractivity contribution is 7.91. The zero-order chi connectivity index (χ0) is 17.9. The molecule has 1 atom stereocenters. The van der Waals surface area contributed by atoms with Gasteiger partial charge in [-0.1, -0.05) is 23.2 Å². The Balaban J connectivity index is 1.98. The maximum absolute atomic E-state index is 12.3. The van der Waals surface area contributed by atoms with Gasteiger partial charge in [-0.15, -0.1) is 0 Å². The predicted molar refractivity (Wildman–Crippen MR) is 94.2 cm³/mol. The molecular formula is C15H18Cl2N2O4S. The van der Waals surface area contributed by atoms with E-state index in [4.69, 9.17) is 23.2 Å². The first-order valence-corrected chi connectivity index (χ1v) is 10.0. The molecule has 0 aliphatic carbocycles. The Labute approximate surface area is 151 Å². The van der Waals surface area contributed by atoms with Crippen molar-refractivity contribution in [2.75, 3.05) is 23.4 Å². The van der Waals surface area contributed by atoms with Crippen LogP contribution in [0.1, 0.15) is 19.8 Å². The van der Waals surface area contributed by atoms with Gasteiger partial charge >= 0.3 is 0 Å². The van der Waals surface area contributed by atoms with E-state index in [2.05, 4.69) is 5.32 Å². The Hall–Kier alpha value is -1.31. The van der Waals surface area contributed by atoms with Crippen molar-refractivity contribution in [1.82, 2.24) is 4.90 Å². The number of rotatable bonds is 5. The molecule has 1 N–H and O–H groups in total. The summed E-state index contributed by atoms with van der Waals surface area (Å²) in [4.78, 5) is 25.8. The highest BCUT2D eigenvalue weighted by Crippen LogP contribution is 2.25. The van der Waals surface area contributed by atoms with Crippen LogP contribution in [0.15, 0.2) is 18.2 Å². The number of carbonyl (C=O) groups excluding carboxylic acids is 2. The molecule has 9 heteroatoms. The van der Waals surface area contributed by atoms with Crippen LogP contribution >= 0.6 is 23.2 Å². The summed E-state index contributed by atoms with van der Waals surface area (Å²) in [6.45, 7) is 2.12. The number of hydrogen-bond donors (Lipinski definition) is 1. The van der Waals surface area contributed by atoms with Crippen LogP contribution in [0.4, 0.5) is 5.69 Å². The Morgan fingerprint density at radius 1 is 1.33 bits per heavy atom. The normalized spacial score (nSPS) is 19.0. The van der Waals surface area contributed by atoms with Crippen molar-refractivity contribution in [3.8, 4) is 0 Å². The second-order valence-corrected chi connectivity index (χ2v) is 8.66. The highest BCUT2D eigenvalue weighted by atomic mass is 35.5. The van der Waals surface area contributed by atoms with Crippen LogP contribution in [0, 0.1) is 0 Å². The number of sulfone groups is 1. The van der Waals surface area contributed by atoms with Gasteiger partial charge in [0.05, 0.1) is 22.2 Å².